The predicted octanol–water partition coefficient (Wildman–Crippen LogP) is 4.40. The van der Waals surface area contributed by atoms with Gasteiger partial charge in [-0.2, -0.15) is 0 Å². The van der Waals surface area contributed by atoms with E-state index >= 15 is 0 Å². The molecule has 0 saturated heterocycles. The normalized spacial score (nSPS) is 10.5. The van der Waals surface area contributed by atoms with Crippen LogP contribution >= 0.6 is 11.3 Å². The molecule has 3 aromatic rings. The van der Waals surface area contributed by atoms with Gasteiger partial charge in [0.15, 0.2) is 5.13 Å². The topological polar surface area (TPSA) is 54.5 Å². The number of hydrogen-bond acceptors (Lipinski definition) is 5. The van der Waals surface area contributed by atoms with Gasteiger partial charge in [-0.25, -0.2) is 4.98 Å². The highest BCUT2D eigenvalue weighted by Gasteiger charge is 2.20. The van der Waals surface area contributed by atoms with E-state index in [4.69, 9.17) is 9.72 Å². The van der Waals surface area contributed by atoms with E-state index in [0.717, 1.165) is 22.1 Å². The van der Waals surface area contributed by atoms with Crippen molar-refractivity contribution in [2.24, 2.45) is 0 Å². The molecule has 0 aliphatic heterocycles. The fourth-order valence-electron chi connectivity index (χ4n) is 2.75. The zero-order chi connectivity index (χ0) is 19.2. The van der Waals surface area contributed by atoms with Crippen LogP contribution in [-0.2, 0) is 4.79 Å². The van der Waals surface area contributed by atoms with E-state index in [9.17, 15) is 4.79 Å². The van der Waals surface area contributed by atoms with Gasteiger partial charge >= 0.3 is 0 Å². The highest BCUT2D eigenvalue weighted by Crippen LogP contribution is 2.36. The predicted molar refractivity (Wildman–Crippen MR) is 111 cm³/mol. The number of aromatic nitrogens is 1. The van der Waals surface area contributed by atoms with Gasteiger partial charge in [-0.15, -0.1) is 11.3 Å². The summed E-state index contributed by atoms with van der Waals surface area (Å²) in [5.41, 5.74) is 3.98. The molecule has 0 aliphatic rings. The minimum atomic E-state index is -0.0597. The Labute approximate surface area is 163 Å². The molecule has 1 amide bonds. The van der Waals surface area contributed by atoms with Crippen LogP contribution in [0.3, 0.4) is 0 Å². The van der Waals surface area contributed by atoms with Gasteiger partial charge < -0.3 is 15.0 Å². The minimum absolute atomic E-state index is 0.0597. The molecule has 0 fully saturated rings. The number of methoxy groups -OCH3 is 1. The third-order valence-corrected chi connectivity index (χ3v) is 4.99. The number of carbonyl (C=O) groups is 1. The van der Waals surface area contributed by atoms with Crippen molar-refractivity contribution in [3.63, 3.8) is 0 Å². The summed E-state index contributed by atoms with van der Waals surface area (Å²) in [6, 6.07) is 15.9. The molecule has 2 aromatic carbocycles. The summed E-state index contributed by atoms with van der Waals surface area (Å²) in [6.07, 6.45) is 0. The van der Waals surface area contributed by atoms with Crippen LogP contribution in [0.15, 0.2) is 53.9 Å². The number of nitrogens with zero attached hydrogens (tertiary/aromatic N) is 2. The first kappa shape index (κ1) is 18.9. The Morgan fingerprint density at radius 1 is 1.19 bits per heavy atom. The van der Waals surface area contributed by atoms with Crippen LogP contribution in [0.5, 0.6) is 5.75 Å². The summed E-state index contributed by atoms with van der Waals surface area (Å²) in [5.74, 6) is 0.643. The van der Waals surface area contributed by atoms with Crippen molar-refractivity contribution in [2.45, 2.75) is 13.8 Å². The maximum atomic E-state index is 12.3. The van der Waals surface area contributed by atoms with Crippen LogP contribution < -0.4 is 15.0 Å². The highest BCUT2D eigenvalue weighted by molar-refractivity contribution is 7.14. The lowest BCUT2D eigenvalue weighted by Gasteiger charge is -2.23. The molecule has 0 saturated carbocycles. The Morgan fingerprint density at radius 3 is 2.63 bits per heavy atom. The van der Waals surface area contributed by atoms with Gasteiger partial charge in [0.1, 0.15) is 12.3 Å². The van der Waals surface area contributed by atoms with Crippen molar-refractivity contribution >= 4 is 28.1 Å². The third kappa shape index (κ3) is 4.46. The second kappa shape index (κ2) is 8.68. The third-order valence-electron chi connectivity index (χ3n) is 4.12. The van der Waals surface area contributed by atoms with Gasteiger partial charge in [-0.1, -0.05) is 42.0 Å². The molecule has 1 heterocycles. The Kier molecular flexibility index (Phi) is 6.08. The SMILES string of the molecule is CCNC(=O)CN(c1nc(-c2ccc(C)cc2)cs1)c1ccccc1OC. The van der Waals surface area contributed by atoms with Crippen LogP contribution in [0.25, 0.3) is 11.3 Å². The summed E-state index contributed by atoms with van der Waals surface area (Å²) >= 11 is 1.51. The molecule has 27 heavy (non-hydrogen) atoms. The van der Waals surface area contributed by atoms with Crippen LogP contribution in [0.1, 0.15) is 12.5 Å². The maximum absolute atomic E-state index is 12.3. The fourth-order valence-corrected chi connectivity index (χ4v) is 3.60. The van der Waals surface area contributed by atoms with Crippen molar-refractivity contribution in [3.8, 4) is 17.0 Å². The molecular formula is C21H23N3O2S. The van der Waals surface area contributed by atoms with Gasteiger partial charge in [0.25, 0.3) is 0 Å². The standard InChI is InChI=1S/C21H23N3O2S/c1-4-22-20(25)13-24(18-7-5-6-8-19(18)26-3)21-23-17(14-27-21)16-11-9-15(2)10-12-16/h5-12,14H,4,13H2,1-3H3,(H,22,25). The summed E-state index contributed by atoms with van der Waals surface area (Å²) < 4.78 is 5.50. The number of ether oxygens (including phenoxy) is 1. The molecule has 0 bridgehead atoms. The summed E-state index contributed by atoms with van der Waals surface area (Å²) in [4.78, 5) is 19.0. The first-order valence-corrected chi connectivity index (χ1v) is 9.70. The number of hydrogen-bond donors (Lipinski definition) is 1. The second-order valence-electron chi connectivity index (χ2n) is 6.09. The molecule has 0 atom stereocenters. The lowest BCUT2D eigenvalue weighted by atomic mass is 10.1. The monoisotopic (exact) mass is 381 g/mol. The summed E-state index contributed by atoms with van der Waals surface area (Å²) in [6.45, 7) is 4.73. The van der Waals surface area contributed by atoms with Gasteiger partial charge in [-0.3, -0.25) is 4.79 Å². The first-order valence-electron chi connectivity index (χ1n) is 8.82. The lowest BCUT2D eigenvalue weighted by molar-refractivity contribution is -0.119. The van der Waals surface area contributed by atoms with E-state index in [1.165, 1.54) is 16.9 Å². The van der Waals surface area contributed by atoms with Crippen molar-refractivity contribution in [1.29, 1.82) is 0 Å². The van der Waals surface area contributed by atoms with Gasteiger partial charge in [0.05, 0.1) is 18.5 Å². The zero-order valence-electron chi connectivity index (χ0n) is 15.7. The fraction of sp³-hybridized carbons (Fsp3) is 0.238. The number of likely N-dealkylation sites (N-methyl/N-ethyl adjacent to an activating group) is 1. The Bertz CT molecular complexity index is 906. The smallest absolute Gasteiger partial charge is 0.240 e. The van der Waals surface area contributed by atoms with Crippen molar-refractivity contribution in [2.75, 3.05) is 25.1 Å². The number of benzene rings is 2. The number of carbonyl (C=O) groups excluding carboxylic acids is 1. The second-order valence-corrected chi connectivity index (χ2v) is 6.93. The molecule has 5 nitrogen and oxygen atoms in total. The van der Waals surface area contributed by atoms with Gasteiger partial charge in [-0.05, 0) is 26.0 Å². The van der Waals surface area contributed by atoms with Crippen LogP contribution in [0, 0.1) is 6.92 Å². The largest absolute Gasteiger partial charge is 0.495 e. The lowest BCUT2D eigenvalue weighted by Crippen LogP contribution is -2.34. The zero-order valence-corrected chi connectivity index (χ0v) is 16.5. The minimum Gasteiger partial charge on any atom is -0.495 e. The van der Waals surface area contributed by atoms with Crippen molar-refractivity contribution in [1.82, 2.24) is 10.3 Å². The van der Waals surface area contributed by atoms with E-state index in [2.05, 4.69) is 36.5 Å². The molecular weight excluding hydrogens is 358 g/mol. The molecule has 1 aromatic heterocycles. The van der Waals surface area contributed by atoms with Gasteiger partial charge in [0, 0.05) is 17.5 Å². The first-order chi connectivity index (χ1) is 13.1. The number of nitrogens with one attached hydrogen (secondary N) is 1. The quantitative estimate of drug-likeness (QED) is 0.659. The molecule has 0 unspecified atom stereocenters. The maximum Gasteiger partial charge on any atom is 0.240 e. The number of anilines is 2. The highest BCUT2D eigenvalue weighted by atomic mass is 32.1. The van der Waals surface area contributed by atoms with Crippen LogP contribution in [0.4, 0.5) is 10.8 Å². The summed E-state index contributed by atoms with van der Waals surface area (Å²) in [5, 5.41) is 5.62. The van der Waals surface area contributed by atoms with Gasteiger partial charge in [0.2, 0.25) is 5.91 Å². The average Bonchev–Trinajstić information content (AvgIpc) is 3.17. The van der Waals surface area contributed by atoms with E-state index < -0.39 is 0 Å². The van der Waals surface area contributed by atoms with E-state index in [1.54, 1.807) is 7.11 Å². The van der Waals surface area contributed by atoms with Crippen LogP contribution in [0.2, 0.25) is 0 Å². The summed E-state index contributed by atoms with van der Waals surface area (Å²) in [7, 11) is 1.63. The number of rotatable bonds is 7. The number of amides is 1. The number of thiazole rings is 1. The molecule has 140 valence electrons. The Morgan fingerprint density at radius 2 is 1.93 bits per heavy atom. The van der Waals surface area contributed by atoms with E-state index in [0.29, 0.717) is 12.3 Å². The molecule has 1 N–H and O–H groups in total. The molecule has 3 rings (SSSR count). The van der Waals surface area contributed by atoms with E-state index in [1.807, 2.05) is 41.5 Å². The number of aryl methyl sites for hydroxylation is 1. The Balaban J connectivity index is 1.98. The van der Waals surface area contributed by atoms with Crippen molar-refractivity contribution < 1.29 is 9.53 Å². The Hall–Kier alpha value is -2.86. The number of para-hydroxylation sites is 2. The van der Waals surface area contributed by atoms with Crippen molar-refractivity contribution in [3.05, 3.63) is 59.5 Å². The molecule has 0 aliphatic carbocycles. The van der Waals surface area contributed by atoms with Crippen LogP contribution in [-0.4, -0.2) is 31.1 Å². The molecule has 0 spiro atoms. The van der Waals surface area contributed by atoms with E-state index in [-0.39, 0.29) is 12.5 Å². The molecule has 6 heteroatoms. The molecule has 0 radical (unpaired) electrons. The average molecular weight is 382 g/mol.